The van der Waals surface area contributed by atoms with Crippen molar-refractivity contribution >= 4 is 11.7 Å². The highest BCUT2D eigenvalue weighted by Gasteiger charge is 2.40. The summed E-state index contributed by atoms with van der Waals surface area (Å²) in [7, 11) is 0. The molecule has 8 heteroatoms. The molecule has 1 unspecified atom stereocenters. The Morgan fingerprint density at radius 1 is 1.21 bits per heavy atom. The molecular formula is C20H28F2N4O2. The number of hydrogen-bond donors (Lipinski definition) is 2. The standard InChI is InChI=1S/C20H28F2N4O2/c21-16-1-2-19(18(22)10-16)24-20(27)23-11-17-9-14-3-4-26(17)13-15(14)12-25-5-7-28-8-6-25/h1-2,10,14-15,17H,3-9,11-13H2,(H2,23,24,27)/t14-,15+,17+/m1/s1. The van der Waals surface area contributed by atoms with Gasteiger partial charge < -0.3 is 15.4 Å². The summed E-state index contributed by atoms with van der Waals surface area (Å²) in [4.78, 5) is 17.1. The number of piperidine rings is 3. The molecule has 4 aliphatic heterocycles. The van der Waals surface area contributed by atoms with E-state index in [1.807, 2.05) is 0 Å². The predicted molar refractivity (Wildman–Crippen MR) is 102 cm³/mol. The number of benzene rings is 1. The normalized spacial score (nSPS) is 30.2. The summed E-state index contributed by atoms with van der Waals surface area (Å²) >= 11 is 0. The van der Waals surface area contributed by atoms with Gasteiger partial charge in [-0.2, -0.15) is 0 Å². The first-order valence-electron chi connectivity index (χ1n) is 10.1. The number of anilines is 1. The first-order chi connectivity index (χ1) is 13.6. The molecule has 0 saturated carbocycles. The van der Waals surface area contributed by atoms with Gasteiger partial charge in [-0.3, -0.25) is 9.80 Å². The third kappa shape index (κ3) is 4.61. The molecule has 4 aliphatic rings. The summed E-state index contributed by atoms with van der Waals surface area (Å²) in [5, 5.41) is 5.30. The molecule has 28 heavy (non-hydrogen) atoms. The highest BCUT2D eigenvalue weighted by atomic mass is 19.1. The number of carbonyl (C=O) groups excluding carboxylic acids is 1. The Kier molecular flexibility index (Phi) is 6.08. The van der Waals surface area contributed by atoms with Gasteiger partial charge in [-0.05, 0) is 43.4 Å². The minimum atomic E-state index is -0.776. The summed E-state index contributed by atoms with van der Waals surface area (Å²) < 4.78 is 32.1. The second-order valence-corrected chi connectivity index (χ2v) is 8.07. The molecule has 0 radical (unpaired) electrons. The van der Waals surface area contributed by atoms with Crippen LogP contribution in [0.2, 0.25) is 0 Å². The predicted octanol–water partition coefficient (Wildman–Crippen LogP) is 2.13. The van der Waals surface area contributed by atoms with E-state index in [2.05, 4.69) is 20.4 Å². The molecular weight excluding hydrogens is 366 g/mol. The molecule has 4 fully saturated rings. The van der Waals surface area contributed by atoms with Gasteiger partial charge in [0.25, 0.3) is 0 Å². The summed E-state index contributed by atoms with van der Waals surface area (Å²) in [5.74, 6) is -0.0646. The number of ether oxygens (including phenoxy) is 1. The number of urea groups is 1. The van der Waals surface area contributed by atoms with Crippen LogP contribution in [0.1, 0.15) is 12.8 Å². The first-order valence-corrected chi connectivity index (χ1v) is 10.1. The Balaban J connectivity index is 1.24. The maximum Gasteiger partial charge on any atom is 0.319 e. The van der Waals surface area contributed by atoms with Gasteiger partial charge in [0.15, 0.2) is 0 Å². The van der Waals surface area contributed by atoms with Gasteiger partial charge >= 0.3 is 6.03 Å². The van der Waals surface area contributed by atoms with Gasteiger partial charge in [-0.15, -0.1) is 0 Å². The van der Waals surface area contributed by atoms with Crippen LogP contribution in [0, 0.1) is 23.5 Å². The molecule has 2 amide bonds. The van der Waals surface area contributed by atoms with E-state index in [0.29, 0.717) is 24.4 Å². The number of carbonyl (C=O) groups is 1. The first kappa shape index (κ1) is 19.5. The minimum Gasteiger partial charge on any atom is -0.379 e. The van der Waals surface area contributed by atoms with Crippen molar-refractivity contribution in [3.05, 3.63) is 29.8 Å². The molecule has 5 rings (SSSR count). The van der Waals surface area contributed by atoms with Gasteiger partial charge in [0.1, 0.15) is 11.6 Å². The van der Waals surface area contributed by atoms with Crippen molar-refractivity contribution in [3.8, 4) is 0 Å². The van der Waals surface area contributed by atoms with Crippen LogP contribution in [0.5, 0.6) is 0 Å². The largest absolute Gasteiger partial charge is 0.379 e. The molecule has 4 saturated heterocycles. The molecule has 2 N–H and O–H groups in total. The van der Waals surface area contributed by atoms with Gasteiger partial charge in [-0.1, -0.05) is 0 Å². The minimum absolute atomic E-state index is 0.0186. The highest BCUT2D eigenvalue weighted by Crippen LogP contribution is 2.36. The smallest absolute Gasteiger partial charge is 0.319 e. The number of nitrogens with zero attached hydrogens (tertiary/aromatic N) is 2. The Labute approximate surface area is 164 Å². The van der Waals surface area contributed by atoms with Crippen molar-refractivity contribution in [1.82, 2.24) is 15.1 Å². The third-order valence-corrected chi connectivity index (χ3v) is 6.29. The van der Waals surface area contributed by atoms with Crippen molar-refractivity contribution in [2.24, 2.45) is 11.8 Å². The molecule has 0 spiro atoms. The van der Waals surface area contributed by atoms with E-state index in [9.17, 15) is 13.6 Å². The van der Waals surface area contributed by atoms with Crippen LogP contribution >= 0.6 is 0 Å². The van der Waals surface area contributed by atoms with Crippen LogP contribution in [0.15, 0.2) is 18.2 Å². The van der Waals surface area contributed by atoms with E-state index >= 15 is 0 Å². The lowest BCUT2D eigenvalue weighted by molar-refractivity contribution is -0.0289. The van der Waals surface area contributed by atoms with Crippen molar-refractivity contribution < 1.29 is 18.3 Å². The van der Waals surface area contributed by atoms with E-state index in [-0.39, 0.29) is 5.69 Å². The molecule has 0 aliphatic carbocycles. The summed E-state index contributed by atoms with van der Waals surface area (Å²) in [6, 6.07) is 2.98. The van der Waals surface area contributed by atoms with Gasteiger partial charge in [0, 0.05) is 44.8 Å². The van der Waals surface area contributed by atoms with Gasteiger partial charge in [0.05, 0.1) is 18.9 Å². The number of fused-ring (bicyclic) bond motifs is 3. The SMILES string of the molecule is O=C(NC[C@@H]1C[C@H]2CCN1C[C@@H]2CN1CCOCC1)Nc1ccc(F)cc1F. The van der Waals surface area contributed by atoms with E-state index in [1.165, 1.54) is 12.5 Å². The Hall–Kier alpha value is -1.77. The number of rotatable bonds is 5. The van der Waals surface area contributed by atoms with Gasteiger partial charge in [0.2, 0.25) is 0 Å². The molecule has 4 heterocycles. The summed E-state index contributed by atoms with van der Waals surface area (Å²) in [6.45, 7) is 7.52. The fraction of sp³-hybridized carbons (Fsp3) is 0.650. The second-order valence-electron chi connectivity index (χ2n) is 8.07. The fourth-order valence-corrected chi connectivity index (χ4v) is 4.75. The zero-order chi connectivity index (χ0) is 19.5. The molecule has 6 nitrogen and oxygen atoms in total. The molecule has 2 bridgehead atoms. The molecule has 1 aromatic carbocycles. The maximum absolute atomic E-state index is 13.7. The zero-order valence-corrected chi connectivity index (χ0v) is 16.0. The van der Waals surface area contributed by atoms with E-state index in [1.54, 1.807) is 0 Å². The van der Waals surface area contributed by atoms with Crippen molar-refractivity contribution in [2.45, 2.75) is 18.9 Å². The Bertz CT molecular complexity index is 699. The molecule has 154 valence electrons. The van der Waals surface area contributed by atoms with Crippen molar-refractivity contribution in [3.63, 3.8) is 0 Å². The van der Waals surface area contributed by atoms with Crippen LogP contribution in [0.3, 0.4) is 0 Å². The number of hydrogen-bond acceptors (Lipinski definition) is 4. The van der Waals surface area contributed by atoms with E-state index in [0.717, 1.165) is 64.5 Å². The van der Waals surface area contributed by atoms with E-state index in [4.69, 9.17) is 4.74 Å². The second kappa shape index (κ2) is 8.71. The van der Waals surface area contributed by atoms with Crippen LogP contribution < -0.4 is 10.6 Å². The van der Waals surface area contributed by atoms with Crippen LogP contribution in [-0.4, -0.2) is 74.4 Å². The molecule has 0 aromatic heterocycles. The topological polar surface area (TPSA) is 56.8 Å². The average Bonchev–Trinajstić information content (AvgIpc) is 2.70. The Morgan fingerprint density at radius 2 is 2.04 bits per heavy atom. The van der Waals surface area contributed by atoms with Crippen LogP contribution in [0.4, 0.5) is 19.3 Å². The summed E-state index contributed by atoms with van der Waals surface area (Å²) in [6.07, 6.45) is 2.30. The lowest BCUT2D eigenvalue weighted by Gasteiger charge is -2.51. The molecule has 1 aromatic rings. The summed E-state index contributed by atoms with van der Waals surface area (Å²) in [5.41, 5.74) is -0.0186. The fourth-order valence-electron chi connectivity index (χ4n) is 4.75. The van der Waals surface area contributed by atoms with Crippen LogP contribution in [-0.2, 0) is 4.74 Å². The third-order valence-electron chi connectivity index (χ3n) is 6.29. The monoisotopic (exact) mass is 394 g/mol. The lowest BCUT2D eigenvalue weighted by atomic mass is 9.75. The molecule has 4 atom stereocenters. The Morgan fingerprint density at radius 3 is 2.75 bits per heavy atom. The number of amides is 2. The maximum atomic E-state index is 13.7. The van der Waals surface area contributed by atoms with Gasteiger partial charge in [-0.25, -0.2) is 13.6 Å². The van der Waals surface area contributed by atoms with E-state index < -0.39 is 17.7 Å². The number of nitrogens with one attached hydrogen (secondary N) is 2. The number of morpholine rings is 1. The van der Waals surface area contributed by atoms with Crippen molar-refractivity contribution in [1.29, 1.82) is 0 Å². The van der Waals surface area contributed by atoms with Crippen LogP contribution in [0.25, 0.3) is 0 Å². The quantitative estimate of drug-likeness (QED) is 0.804. The van der Waals surface area contributed by atoms with Crippen molar-refractivity contribution in [2.75, 3.05) is 57.8 Å². The average molecular weight is 394 g/mol. The lowest BCUT2D eigenvalue weighted by Crippen LogP contribution is -2.59. The zero-order valence-electron chi connectivity index (χ0n) is 16.0. The highest BCUT2D eigenvalue weighted by molar-refractivity contribution is 5.89. The number of halogens is 2.